The van der Waals surface area contributed by atoms with E-state index < -0.39 is 10.8 Å². The molecule has 0 spiro atoms. The molecule has 0 aliphatic carbocycles. The monoisotopic (exact) mass is 304 g/mol. The zero-order chi connectivity index (χ0) is 12.0. The van der Waals surface area contributed by atoms with Gasteiger partial charge in [0.15, 0.2) is 0 Å². The van der Waals surface area contributed by atoms with Gasteiger partial charge in [-0.15, -0.1) is 0 Å². The van der Waals surface area contributed by atoms with Gasteiger partial charge in [-0.3, -0.25) is 9.00 Å². The highest BCUT2D eigenvalue weighted by Gasteiger charge is 2.05. The third kappa shape index (κ3) is 4.45. The second-order valence-electron chi connectivity index (χ2n) is 3.18. The molecule has 0 unspecified atom stereocenters. The highest BCUT2D eigenvalue weighted by Crippen LogP contribution is 2.14. The van der Waals surface area contributed by atoms with Crippen molar-refractivity contribution >= 4 is 32.7 Å². The largest absolute Gasteiger partial charge is 0.469 e. The number of methoxy groups -OCH3 is 1. The summed E-state index contributed by atoms with van der Waals surface area (Å²) in [6.07, 6.45) is 0.897. The number of ether oxygens (including phenoxy) is 1. The van der Waals surface area contributed by atoms with Crippen LogP contribution in [0.4, 0.5) is 0 Å². The van der Waals surface area contributed by atoms with Gasteiger partial charge in [-0.1, -0.05) is 15.9 Å². The lowest BCUT2D eigenvalue weighted by Gasteiger charge is -2.02. The van der Waals surface area contributed by atoms with Crippen molar-refractivity contribution in [1.82, 2.24) is 0 Å². The summed E-state index contributed by atoms with van der Waals surface area (Å²) >= 11 is 3.32. The number of hydrogen-bond acceptors (Lipinski definition) is 3. The molecule has 0 aliphatic rings. The van der Waals surface area contributed by atoms with E-state index in [9.17, 15) is 9.00 Å². The molecule has 0 saturated carbocycles. The van der Waals surface area contributed by atoms with Gasteiger partial charge in [0.25, 0.3) is 0 Å². The van der Waals surface area contributed by atoms with Crippen molar-refractivity contribution in [2.75, 3.05) is 12.9 Å². The van der Waals surface area contributed by atoms with Crippen molar-refractivity contribution in [3.05, 3.63) is 28.7 Å². The van der Waals surface area contributed by atoms with E-state index in [2.05, 4.69) is 20.7 Å². The second-order valence-corrected chi connectivity index (χ2v) is 5.67. The van der Waals surface area contributed by atoms with Crippen LogP contribution < -0.4 is 0 Å². The van der Waals surface area contributed by atoms with Crippen molar-refractivity contribution < 1.29 is 13.7 Å². The van der Waals surface area contributed by atoms with Gasteiger partial charge < -0.3 is 4.74 Å². The van der Waals surface area contributed by atoms with E-state index in [1.165, 1.54) is 7.11 Å². The van der Waals surface area contributed by atoms with Crippen molar-refractivity contribution in [3.8, 4) is 0 Å². The highest BCUT2D eigenvalue weighted by molar-refractivity contribution is 9.10. The zero-order valence-electron chi connectivity index (χ0n) is 8.94. The number of esters is 1. The topological polar surface area (TPSA) is 43.4 Å². The number of benzene rings is 1. The summed E-state index contributed by atoms with van der Waals surface area (Å²) in [4.78, 5) is 11.6. The molecule has 0 aliphatic heterocycles. The molecule has 0 bridgehead atoms. The maximum absolute atomic E-state index is 11.8. The summed E-state index contributed by atoms with van der Waals surface area (Å²) in [5, 5.41) is 0. The molecule has 0 fully saturated rings. The lowest BCUT2D eigenvalue weighted by molar-refractivity contribution is -0.140. The molecular formula is C11H13BrO3S. The molecule has 1 aromatic rings. The summed E-state index contributed by atoms with van der Waals surface area (Å²) in [7, 11) is 0.316. The quantitative estimate of drug-likeness (QED) is 0.785. The second kappa shape index (κ2) is 6.81. The lowest BCUT2D eigenvalue weighted by atomic mass is 10.3. The normalized spacial score (nSPS) is 12.1. The van der Waals surface area contributed by atoms with Crippen molar-refractivity contribution in [2.45, 2.75) is 17.7 Å². The fourth-order valence-electron chi connectivity index (χ4n) is 1.15. The van der Waals surface area contributed by atoms with E-state index in [0.717, 1.165) is 9.37 Å². The molecule has 1 aromatic carbocycles. The molecule has 1 atom stereocenters. The van der Waals surface area contributed by atoms with Gasteiger partial charge in [0.1, 0.15) is 0 Å². The SMILES string of the molecule is COC(=O)CCC[S@@](=O)c1ccc(Br)cc1. The predicted molar refractivity (Wildman–Crippen MR) is 66.7 cm³/mol. The molecule has 3 nitrogen and oxygen atoms in total. The van der Waals surface area contributed by atoms with Crippen molar-refractivity contribution in [1.29, 1.82) is 0 Å². The van der Waals surface area contributed by atoms with E-state index in [-0.39, 0.29) is 5.97 Å². The smallest absolute Gasteiger partial charge is 0.305 e. The Bertz CT molecular complexity index is 375. The highest BCUT2D eigenvalue weighted by atomic mass is 79.9. The lowest BCUT2D eigenvalue weighted by Crippen LogP contribution is -2.04. The molecule has 0 aromatic heterocycles. The molecular weight excluding hydrogens is 292 g/mol. The third-order valence-electron chi connectivity index (χ3n) is 2.01. The van der Waals surface area contributed by atoms with Gasteiger partial charge >= 0.3 is 5.97 Å². The van der Waals surface area contributed by atoms with Crippen LogP contribution in [-0.4, -0.2) is 23.0 Å². The summed E-state index contributed by atoms with van der Waals surface area (Å²) in [5.74, 6) is 0.226. The number of rotatable bonds is 5. The zero-order valence-corrected chi connectivity index (χ0v) is 11.3. The van der Waals surface area contributed by atoms with Crippen LogP contribution in [0.2, 0.25) is 0 Å². The van der Waals surface area contributed by atoms with Crippen molar-refractivity contribution in [2.24, 2.45) is 0 Å². The van der Waals surface area contributed by atoms with E-state index in [0.29, 0.717) is 18.6 Å². The van der Waals surface area contributed by atoms with Crippen molar-refractivity contribution in [3.63, 3.8) is 0 Å². The standard InChI is InChI=1S/C11H13BrO3S/c1-15-11(13)3-2-8-16(14)10-6-4-9(12)5-7-10/h4-7H,2-3,8H2,1H3/t16-/m1/s1. The molecule has 88 valence electrons. The summed E-state index contributed by atoms with van der Waals surface area (Å²) < 4.78 is 17.2. The maximum Gasteiger partial charge on any atom is 0.305 e. The van der Waals surface area contributed by atoms with E-state index in [1.54, 1.807) is 0 Å². The van der Waals surface area contributed by atoms with Gasteiger partial charge in [0.05, 0.1) is 17.9 Å². The van der Waals surface area contributed by atoms with Crippen LogP contribution in [0.5, 0.6) is 0 Å². The molecule has 0 saturated heterocycles. The first kappa shape index (κ1) is 13.4. The number of hydrogen-bond donors (Lipinski definition) is 0. The Morgan fingerprint density at radius 2 is 2.00 bits per heavy atom. The fourth-order valence-corrected chi connectivity index (χ4v) is 2.50. The number of carbonyl (C=O) groups excluding carboxylic acids is 1. The molecule has 0 radical (unpaired) electrons. The minimum atomic E-state index is -1.04. The minimum absolute atomic E-state index is 0.257. The summed E-state index contributed by atoms with van der Waals surface area (Å²) in [6.45, 7) is 0. The van der Waals surface area contributed by atoms with Gasteiger partial charge in [-0.2, -0.15) is 0 Å². The van der Waals surface area contributed by atoms with E-state index >= 15 is 0 Å². The Balaban J connectivity index is 2.41. The van der Waals surface area contributed by atoms with Crippen LogP contribution in [0, 0.1) is 0 Å². The van der Waals surface area contributed by atoms with Gasteiger partial charge in [0, 0.05) is 21.5 Å². The average Bonchev–Trinajstić information content (AvgIpc) is 2.29. The van der Waals surface area contributed by atoms with Gasteiger partial charge in [-0.05, 0) is 30.7 Å². The Morgan fingerprint density at radius 1 is 1.38 bits per heavy atom. The van der Waals surface area contributed by atoms with Gasteiger partial charge in [-0.25, -0.2) is 0 Å². The fraction of sp³-hybridized carbons (Fsp3) is 0.364. The minimum Gasteiger partial charge on any atom is -0.469 e. The van der Waals surface area contributed by atoms with Crippen LogP contribution in [0.15, 0.2) is 33.6 Å². The molecule has 0 amide bonds. The molecule has 0 N–H and O–H groups in total. The predicted octanol–water partition coefficient (Wildman–Crippen LogP) is 2.51. The first-order valence-corrected chi connectivity index (χ1v) is 6.95. The Labute approximate surface area is 106 Å². The third-order valence-corrected chi connectivity index (χ3v) is 4.00. The molecule has 1 rings (SSSR count). The molecule has 0 heterocycles. The van der Waals surface area contributed by atoms with Crippen LogP contribution in [0.3, 0.4) is 0 Å². The van der Waals surface area contributed by atoms with Crippen LogP contribution in [0.1, 0.15) is 12.8 Å². The first-order chi connectivity index (χ1) is 7.63. The van der Waals surface area contributed by atoms with Crippen LogP contribution in [-0.2, 0) is 20.3 Å². The first-order valence-electron chi connectivity index (χ1n) is 4.84. The molecule has 16 heavy (non-hydrogen) atoms. The van der Waals surface area contributed by atoms with Gasteiger partial charge in [0.2, 0.25) is 0 Å². The van der Waals surface area contributed by atoms with E-state index in [1.807, 2.05) is 24.3 Å². The Hall–Kier alpha value is -0.680. The summed E-state index contributed by atoms with van der Waals surface area (Å²) in [6, 6.07) is 7.34. The maximum atomic E-state index is 11.8. The van der Waals surface area contributed by atoms with Crippen LogP contribution >= 0.6 is 15.9 Å². The van der Waals surface area contributed by atoms with Crippen LogP contribution in [0.25, 0.3) is 0 Å². The summed E-state index contributed by atoms with van der Waals surface area (Å²) in [5.41, 5.74) is 0. The number of carbonyl (C=O) groups is 1. The van der Waals surface area contributed by atoms with E-state index in [4.69, 9.17) is 0 Å². The molecule has 5 heteroatoms. The Kier molecular flexibility index (Phi) is 5.69. The Morgan fingerprint density at radius 3 is 2.56 bits per heavy atom. The number of halogens is 1. The average molecular weight is 305 g/mol.